The lowest BCUT2D eigenvalue weighted by Crippen LogP contribution is -2.14. The summed E-state index contributed by atoms with van der Waals surface area (Å²) in [4.78, 5) is 15.1. The summed E-state index contributed by atoms with van der Waals surface area (Å²) in [6.45, 7) is 0.634. The number of nitrogens with zero attached hydrogens (tertiary/aromatic N) is 3. The molecule has 1 heterocycles. The molecule has 0 aliphatic heterocycles. The highest BCUT2D eigenvalue weighted by Crippen LogP contribution is 2.18. The molecule has 3 rings (SSSR count). The second-order valence-corrected chi connectivity index (χ2v) is 5.26. The standard InChI is InChI=1S/C18H17N5O2/c24-18(22-25)10-7-15-3-1-2-4-17(15)20-11-14-5-8-16(9-6-14)23-13-19-12-21-23/h1-10,12-13,20,25H,11H2,(H,22,24). The summed E-state index contributed by atoms with van der Waals surface area (Å²) in [6.07, 6.45) is 6.06. The first kappa shape index (κ1) is 16.4. The zero-order valence-electron chi connectivity index (χ0n) is 13.3. The van der Waals surface area contributed by atoms with Crippen LogP contribution in [0.2, 0.25) is 0 Å². The molecule has 7 heteroatoms. The van der Waals surface area contributed by atoms with E-state index in [1.807, 2.05) is 48.5 Å². The molecule has 0 atom stereocenters. The molecule has 25 heavy (non-hydrogen) atoms. The van der Waals surface area contributed by atoms with E-state index in [-0.39, 0.29) is 0 Å². The van der Waals surface area contributed by atoms with Crippen molar-refractivity contribution in [3.05, 3.63) is 78.4 Å². The second kappa shape index (κ2) is 7.89. The molecular formula is C18H17N5O2. The minimum atomic E-state index is -0.571. The minimum Gasteiger partial charge on any atom is -0.380 e. The largest absolute Gasteiger partial charge is 0.380 e. The van der Waals surface area contributed by atoms with Crippen molar-refractivity contribution in [2.24, 2.45) is 0 Å². The second-order valence-electron chi connectivity index (χ2n) is 5.26. The van der Waals surface area contributed by atoms with Gasteiger partial charge < -0.3 is 5.32 Å². The van der Waals surface area contributed by atoms with E-state index in [0.29, 0.717) is 6.54 Å². The van der Waals surface area contributed by atoms with Crippen molar-refractivity contribution in [1.29, 1.82) is 0 Å². The van der Waals surface area contributed by atoms with Gasteiger partial charge in [0.25, 0.3) is 5.91 Å². The molecule has 0 saturated heterocycles. The molecule has 0 aliphatic rings. The minimum absolute atomic E-state index is 0.571. The van der Waals surface area contributed by atoms with Crippen LogP contribution < -0.4 is 10.8 Å². The van der Waals surface area contributed by atoms with Crippen LogP contribution in [0.15, 0.2) is 67.3 Å². The summed E-state index contributed by atoms with van der Waals surface area (Å²) in [5.74, 6) is -0.571. The van der Waals surface area contributed by atoms with Crippen molar-refractivity contribution < 1.29 is 10.0 Å². The maximum absolute atomic E-state index is 11.1. The number of para-hydroxylation sites is 1. The summed E-state index contributed by atoms with van der Waals surface area (Å²) in [5.41, 5.74) is 5.37. The first-order valence-corrected chi connectivity index (χ1v) is 7.65. The Hall–Kier alpha value is -3.45. The molecule has 0 fully saturated rings. The lowest BCUT2D eigenvalue weighted by atomic mass is 10.1. The Morgan fingerprint density at radius 2 is 1.96 bits per heavy atom. The quantitative estimate of drug-likeness (QED) is 0.365. The third-order valence-corrected chi connectivity index (χ3v) is 3.59. The predicted octanol–water partition coefficient (Wildman–Crippen LogP) is 2.40. The number of benzene rings is 2. The van der Waals surface area contributed by atoms with E-state index in [2.05, 4.69) is 15.4 Å². The summed E-state index contributed by atoms with van der Waals surface area (Å²) in [7, 11) is 0. The van der Waals surface area contributed by atoms with Gasteiger partial charge in [-0.2, -0.15) is 5.10 Å². The molecule has 0 bridgehead atoms. The average Bonchev–Trinajstić information content (AvgIpc) is 3.20. The van der Waals surface area contributed by atoms with Crippen molar-refractivity contribution in [3.63, 3.8) is 0 Å². The van der Waals surface area contributed by atoms with Gasteiger partial charge >= 0.3 is 0 Å². The van der Waals surface area contributed by atoms with E-state index in [9.17, 15) is 4.79 Å². The number of hydrogen-bond acceptors (Lipinski definition) is 5. The van der Waals surface area contributed by atoms with Gasteiger partial charge in [0.1, 0.15) is 12.7 Å². The molecule has 7 nitrogen and oxygen atoms in total. The van der Waals surface area contributed by atoms with Crippen LogP contribution in [0.25, 0.3) is 11.8 Å². The van der Waals surface area contributed by atoms with E-state index in [1.165, 1.54) is 12.4 Å². The van der Waals surface area contributed by atoms with Gasteiger partial charge in [-0.05, 0) is 35.4 Å². The van der Waals surface area contributed by atoms with E-state index >= 15 is 0 Å². The maximum atomic E-state index is 11.1. The average molecular weight is 335 g/mol. The van der Waals surface area contributed by atoms with Crippen molar-refractivity contribution in [3.8, 4) is 5.69 Å². The Morgan fingerprint density at radius 1 is 1.16 bits per heavy atom. The van der Waals surface area contributed by atoms with Crippen molar-refractivity contribution in [2.75, 3.05) is 5.32 Å². The fourth-order valence-corrected chi connectivity index (χ4v) is 2.31. The molecule has 1 aromatic heterocycles. The molecule has 3 N–H and O–H groups in total. The van der Waals surface area contributed by atoms with E-state index in [4.69, 9.17) is 5.21 Å². The topological polar surface area (TPSA) is 92.1 Å². The lowest BCUT2D eigenvalue weighted by molar-refractivity contribution is -0.124. The molecule has 3 aromatic rings. The zero-order chi connectivity index (χ0) is 17.5. The molecular weight excluding hydrogens is 318 g/mol. The Labute approximate surface area is 144 Å². The summed E-state index contributed by atoms with van der Waals surface area (Å²) < 4.78 is 1.70. The van der Waals surface area contributed by atoms with Crippen LogP contribution >= 0.6 is 0 Å². The smallest absolute Gasteiger partial charge is 0.267 e. The Bertz CT molecular complexity index is 857. The number of anilines is 1. The third kappa shape index (κ3) is 4.30. The molecule has 0 radical (unpaired) electrons. The zero-order valence-corrected chi connectivity index (χ0v) is 13.3. The van der Waals surface area contributed by atoms with Crippen LogP contribution in [0.3, 0.4) is 0 Å². The number of carbonyl (C=O) groups excluding carboxylic acids is 1. The maximum Gasteiger partial charge on any atom is 0.267 e. The molecule has 0 spiro atoms. The van der Waals surface area contributed by atoms with Crippen molar-refractivity contribution in [1.82, 2.24) is 20.2 Å². The number of hydrogen-bond donors (Lipinski definition) is 3. The predicted molar refractivity (Wildman–Crippen MR) is 94.1 cm³/mol. The van der Waals surface area contributed by atoms with Gasteiger partial charge in [-0.15, -0.1) is 0 Å². The number of amides is 1. The van der Waals surface area contributed by atoms with Crippen molar-refractivity contribution in [2.45, 2.75) is 6.54 Å². The molecule has 0 aliphatic carbocycles. The summed E-state index contributed by atoms with van der Waals surface area (Å²) >= 11 is 0. The van der Waals surface area contributed by atoms with Crippen LogP contribution in [0, 0.1) is 0 Å². The van der Waals surface area contributed by atoms with Gasteiger partial charge in [-0.25, -0.2) is 15.1 Å². The van der Waals surface area contributed by atoms with E-state index < -0.39 is 5.91 Å². The van der Waals surface area contributed by atoms with Crippen LogP contribution in [-0.4, -0.2) is 25.9 Å². The van der Waals surface area contributed by atoms with Gasteiger partial charge in [0, 0.05) is 18.3 Å². The Kier molecular flexibility index (Phi) is 5.18. The number of rotatable bonds is 6. The number of nitrogens with one attached hydrogen (secondary N) is 2. The number of aromatic nitrogens is 3. The highest BCUT2D eigenvalue weighted by molar-refractivity contribution is 5.91. The van der Waals surface area contributed by atoms with Gasteiger partial charge in [0.05, 0.1) is 5.69 Å². The first-order valence-electron chi connectivity index (χ1n) is 7.65. The van der Waals surface area contributed by atoms with Gasteiger partial charge in [-0.3, -0.25) is 10.0 Å². The lowest BCUT2D eigenvalue weighted by Gasteiger charge is -2.10. The molecule has 0 unspecified atom stereocenters. The van der Waals surface area contributed by atoms with Crippen molar-refractivity contribution >= 4 is 17.7 Å². The first-order chi connectivity index (χ1) is 12.3. The fraction of sp³-hybridized carbons (Fsp3) is 0.0556. The van der Waals surface area contributed by atoms with Gasteiger partial charge in [0.2, 0.25) is 0 Å². The molecule has 1 amide bonds. The molecule has 126 valence electrons. The Morgan fingerprint density at radius 3 is 2.68 bits per heavy atom. The molecule has 2 aromatic carbocycles. The highest BCUT2D eigenvalue weighted by Gasteiger charge is 2.01. The van der Waals surface area contributed by atoms with Crippen LogP contribution in [0.1, 0.15) is 11.1 Å². The summed E-state index contributed by atoms with van der Waals surface area (Å²) in [6, 6.07) is 15.6. The fourth-order valence-electron chi connectivity index (χ4n) is 2.31. The highest BCUT2D eigenvalue weighted by atomic mass is 16.5. The Balaban J connectivity index is 1.67. The summed E-state index contributed by atoms with van der Waals surface area (Å²) in [5, 5.41) is 16.0. The van der Waals surface area contributed by atoms with E-state index in [0.717, 1.165) is 22.5 Å². The van der Waals surface area contributed by atoms with Gasteiger partial charge in [-0.1, -0.05) is 30.3 Å². The van der Waals surface area contributed by atoms with Crippen LogP contribution in [-0.2, 0) is 11.3 Å². The normalized spacial score (nSPS) is 10.8. The number of carbonyl (C=O) groups is 1. The SMILES string of the molecule is O=C(C=Cc1ccccc1NCc1ccc(-n2cncn2)cc1)NO. The van der Waals surface area contributed by atoms with Crippen LogP contribution in [0.4, 0.5) is 5.69 Å². The third-order valence-electron chi connectivity index (χ3n) is 3.59. The van der Waals surface area contributed by atoms with E-state index in [1.54, 1.807) is 22.6 Å². The molecule has 0 saturated carbocycles. The van der Waals surface area contributed by atoms with Crippen LogP contribution in [0.5, 0.6) is 0 Å². The number of hydroxylamine groups is 1. The van der Waals surface area contributed by atoms with Gasteiger partial charge in [0.15, 0.2) is 0 Å². The monoisotopic (exact) mass is 335 g/mol.